The van der Waals surface area contributed by atoms with E-state index in [9.17, 15) is 24.0 Å². The number of halogens is 1. The van der Waals surface area contributed by atoms with Gasteiger partial charge in [-0.15, -0.1) is 0 Å². The number of nitrogens with zero attached hydrogens (tertiary/aromatic N) is 1. The molecule has 0 aromatic heterocycles. The van der Waals surface area contributed by atoms with Crippen LogP contribution in [0.15, 0.2) is 60.7 Å². The molecule has 1 heterocycles. The van der Waals surface area contributed by atoms with E-state index in [2.05, 4.69) is 0 Å². The van der Waals surface area contributed by atoms with Crippen molar-refractivity contribution in [1.82, 2.24) is 0 Å². The van der Waals surface area contributed by atoms with Crippen molar-refractivity contribution >= 4 is 46.8 Å². The van der Waals surface area contributed by atoms with Crippen LogP contribution in [-0.2, 0) is 9.53 Å². The highest BCUT2D eigenvalue weighted by molar-refractivity contribution is 6.36. The first-order chi connectivity index (χ1) is 16.7. The number of rotatable bonds is 6. The minimum absolute atomic E-state index is 0.0201. The number of ketones is 1. The Labute approximate surface area is 205 Å². The first-order valence-electron chi connectivity index (χ1n) is 10.4. The standard InChI is InChI=1S/C26H18ClNO7/c1-14-3-7-18(12-22(14)27)28-24(31)20-10-6-17(11-21(20)25(28)32)26(33)34-13-23(30)16-4-8-19(9-5-16)35-15(2)29/h3-12H,13H2,1-2H3. The van der Waals surface area contributed by atoms with E-state index >= 15 is 0 Å². The molecule has 176 valence electrons. The van der Waals surface area contributed by atoms with Crippen molar-refractivity contribution in [3.05, 3.63) is 93.5 Å². The molecule has 1 aliphatic heterocycles. The Morgan fingerprint density at radius 2 is 1.51 bits per heavy atom. The number of aryl methyl sites for hydroxylation is 1. The lowest BCUT2D eigenvalue weighted by Crippen LogP contribution is -2.29. The van der Waals surface area contributed by atoms with Crippen LogP contribution in [0, 0.1) is 6.92 Å². The molecule has 0 unspecified atom stereocenters. The summed E-state index contributed by atoms with van der Waals surface area (Å²) in [5.41, 5.74) is 1.59. The lowest BCUT2D eigenvalue weighted by Gasteiger charge is -2.14. The van der Waals surface area contributed by atoms with Gasteiger partial charge < -0.3 is 9.47 Å². The number of esters is 2. The van der Waals surface area contributed by atoms with E-state index in [0.29, 0.717) is 10.7 Å². The number of amides is 2. The minimum atomic E-state index is -0.824. The van der Waals surface area contributed by atoms with E-state index in [4.69, 9.17) is 21.1 Å². The molecular weight excluding hydrogens is 474 g/mol. The van der Waals surface area contributed by atoms with Crippen LogP contribution in [0.5, 0.6) is 5.75 Å². The monoisotopic (exact) mass is 491 g/mol. The van der Waals surface area contributed by atoms with E-state index in [1.807, 2.05) is 0 Å². The molecule has 9 heteroatoms. The fourth-order valence-electron chi connectivity index (χ4n) is 3.50. The zero-order chi connectivity index (χ0) is 25.3. The predicted octanol–water partition coefficient (Wildman–Crippen LogP) is 4.41. The fraction of sp³-hybridized carbons (Fsp3) is 0.115. The number of carbonyl (C=O) groups excluding carboxylic acids is 5. The summed E-state index contributed by atoms with van der Waals surface area (Å²) in [7, 11) is 0. The lowest BCUT2D eigenvalue weighted by molar-refractivity contribution is -0.131. The van der Waals surface area contributed by atoms with E-state index < -0.39 is 36.1 Å². The molecular formula is C26H18ClNO7. The van der Waals surface area contributed by atoms with Gasteiger partial charge in [-0.25, -0.2) is 9.69 Å². The molecule has 1 aliphatic rings. The minimum Gasteiger partial charge on any atom is -0.454 e. The number of Topliss-reactive ketones (excluding diaryl/α,β-unsaturated/α-hetero) is 1. The summed E-state index contributed by atoms with van der Waals surface area (Å²) in [5, 5.41) is 0.411. The SMILES string of the molecule is CC(=O)Oc1ccc(C(=O)COC(=O)c2ccc3c(c2)C(=O)N(c2ccc(C)c(Cl)c2)C3=O)cc1. The van der Waals surface area contributed by atoms with E-state index in [-0.39, 0.29) is 28.0 Å². The normalized spacial score (nSPS) is 12.4. The molecule has 2 amide bonds. The fourth-order valence-corrected chi connectivity index (χ4v) is 3.67. The molecule has 3 aromatic carbocycles. The summed E-state index contributed by atoms with van der Waals surface area (Å²) in [6, 6.07) is 14.6. The van der Waals surface area contributed by atoms with Gasteiger partial charge in [-0.1, -0.05) is 17.7 Å². The van der Waals surface area contributed by atoms with Crippen LogP contribution in [0.2, 0.25) is 5.02 Å². The molecule has 0 saturated heterocycles. The van der Waals surface area contributed by atoms with Crippen molar-refractivity contribution < 1.29 is 33.4 Å². The van der Waals surface area contributed by atoms with Crippen molar-refractivity contribution in [3.63, 3.8) is 0 Å². The molecule has 0 bridgehead atoms. The van der Waals surface area contributed by atoms with Crippen LogP contribution in [-0.4, -0.2) is 36.1 Å². The van der Waals surface area contributed by atoms with E-state index in [1.54, 1.807) is 19.1 Å². The summed E-state index contributed by atoms with van der Waals surface area (Å²) < 4.78 is 10.0. The average molecular weight is 492 g/mol. The van der Waals surface area contributed by atoms with Crippen LogP contribution >= 0.6 is 11.6 Å². The maximum absolute atomic E-state index is 12.9. The van der Waals surface area contributed by atoms with Gasteiger partial charge in [-0.05, 0) is 67.1 Å². The number of imide groups is 1. The number of benzene rings is 3. The Hall–Kier alpha value is -4.30. The Kier molecular flexibility index (Phi) is 6.48. The van der Waals surface area contributed by atoms with Crippen LogP contribution in [0.3, 0.4) is 0 Å². The second kappa shape index (κ2) is 9.52. The Morgan fingerprint density at radius 3 is 2.17 bits per heavy atom. The number of carbonyl (C=O) groups is 5. The third-order valence-electron chi connectivity index (χ3n) is 5.31. The van der Waals surface area contributed by atoms with Crippen LogP contribution < -0.4 is 9.64 Å². The number of fused-ring (bicyclic) bond motifs is 1. The van der Waals surface area contributed by atoms with Gasteiger partial charge in [0.1, 0.15) is 5.75 Å². The molecule has 0 aliphatic carbocycles. The molecule has 0 spiro atoms. The zero-order valence-corrected chi connectivity index (χ0v) is 19.4. The molecule has 0 N–H and O–H groups in total. The zero-order valence-electron chi connectivity index (χ0n) is 18.7. The first-order valence-corrected chi connectivity index (χ1v) is 10.8. The smallest absolute Gasteiger partial charge is 0.338 e. The Morgan fingerprint density at radius 1 is 0.857 bits per heavy atom. The topological polar surface area (TPSA) is 107 Å². The summed E-state index contributed by atoms with van der Waals surface area (Å²) in [6.07, 6.45) is 0. The van der Waals surface area contributed by atoms with Crippen molar-refractivity contribution in [2.45, 2.75) is 13.8 Å². The average Bonchev–Trinajstić information content (AvgIpc) is 3.08. The van der Waals surface area contributed by atoms with Crippen LogP contribution in [0.4, 0.5) is 5.69 Å². The quantitative estimate of drug-likeness (QED) is 0.217. The number of hydrogen-bond acceptors (Lipinski definition) is 7. The molecule has 8 nitrogen and oxygen atoms in total. The molecule has 0 saturated carbocycles. The van der Waals surface area contributed by atoms with Crippen molar-refractivity contribution in [2.24, 2.45) is 0 Å². The molecule has 0 radical (unpaired) electrons. The Balaban J connectivity index is 1.46. The summed E-state index contributed by atoms with van der Waals surface area (Å²) in [5.74, 6) is -2.62. The highest BCUT2D eigenvalue weighted by Gasteiger charge is 2.37. The maximum Gasteiger partial charge on any atom is 0.338 e. The molecule has 35 heavy (non-hydrogen) atoms. The number of ether oxygens (including phenoxy) is 2. The van der Waals surface area contributed by atoms with Crippen molar-refractivity contribution in [2.75, 3.05) is 11.5 Å². The second-order valence-corrected chi connectivity index (χ2v) is 8.16. The summed E-state index contributed by atoms with van der Waals surface area (Å²) in [4.78, 5) is 62.6. The van der Waals surface area contributed by atoms with Gasteiger partial charge >= 0.3 is 11.9 Å². The van der Waals surface area contributed by atoms with Crippen LogP contribution in [0.1, 0.15) is 53.9 Å². The largest absolute Gasteiger partial charge is 0.454 e. The highest BCUT2D eigenvalue weighted by Crippen LogP contribution is 2.31. The summed E-state index contributed by atoms with van der Waals surface area (Å²) >= 11 is 6.14. The van der Waals surface area contributed by atoms with Gasteiger partial charge in [0.15, 0.2) is 12.4 Å². The van der Waals surface area contributed by atoms with E-state index in [0.717, 1.165) is 10.5 Å². The van der Waals surface area contributed by atoms with Crippen molar-refractivity contribution in [3.8, 4) is 5.75 Å². The van der Waals surface area contributed by atoms with E-state index in [1.165, 1.54) is 55.5 Å². The van der Waals surface area contributed by atoms with Crippen molar-refractivity contribution in [1.29, 1.82) is 0 Å². The third kappa shape index (κ3) is 4.83. The molecule has 4 rings (SSSR count). The first kappa shape index (κ1) is 23.8. The van der Waals surface area contributed by atoms with Gasteiger partial charge in [0, 0.05) is 17.5 Å². The molecule has 3 aromatic rings. The third-order valence-corrected chi connectivity index (χ3v) is 5.72. The number of anilines is 1. The second-order valence-electron chi connectivity index (χ2n) is 7.76. The van der Waals surface area contributed by atoms with Gasteiger partial charge in [0.2, 0.25) is 0 Å². The van der Waals surface area contributed by atoms with Gasteiger partial charge in [-0.3, -0.25) is 19.2 Å². The molecule has 0 atom stereocenters. The Bertz CT molecular complexity index is 1400. The number of hydrogen-bond donors (Lipinski definition) is 0. The van der Waals surface area contributed by atoms with Gasteiger partial charge in [-0.2, -0.15) is 0 Å². The predicted molar refractivity (Wildman–Crippen MR) is 126 cm³/mol. The van der Waals surface area contributed by atoms with Gasteiger partial charge in [0.05, 0.1) is 22.4 Å². The molecule has 0 fully saturated rings. The van der Waals surface area contributed by atoms with Gasteiger partial charge in [0.25, 0.3) is 11.8 Å². The lowest BCUT2D eigenvalue weighted by atomic mass is 10.1. The summed E-state index contributed by atoms with van der Waals surface area (Å²) in [6.45, 7) is 2.52. The van der Waals surface area contributed by atoms with Crippen LogP contribution in [0.25, 0.3) is 0 Å². The maximum atomic E-state index is 12.9. The highest BCUT2D eigenvalue weighted by atomic mass is 35.5.